The van der Waals surface area contributed by atoms with E-state index in [0.717, 1.165) is 23.1 Å². The Balaban J connectivity index is 1.69. The Labute approximate surface area is 197 Å². The lowest BCUT2D eigenvalue weighted by Gasteiger charge is -2.14. The zero-order valence-corrected chi connectivity index (χ0v) is 17.9. The van der Waals surface area contributed by atoms with E-state index in [1.165, 1.54) is 0 Å². The molecule has 4 heterocycles. The van der Waals surface area contributed by atoms with Gasteiger partial charge < -0.3 is 0 Å². The summed E-state index contributed by atoms with van der Waals surface area (Å²) in [5, 5.41) is 2.79. The minimum absolute atomic E-state index is 0.0739. The van der Waals surface area contributed by atoms with Crippen LogP contribution in [0.1, 0.15) is 16.8 Å². The molecule has 0 saturated carbocycles. The Hall–Kier alpha value is -3.14. The molecule has 6 nitrogen and oxygen atoms in total. The predicted molar refractivity (Wildman–Crippen MR) is 103 cm³/mol. The zero-order chi connectivity index (χ0) is 25.8. The number of halogens is 10. The van der Waals surface area contributed by atoms with Gasteiger partial charge in [0.05, 0.1) is 16.1 Å². The predicted octanol–water partition coefficient (Wildman–Crippen LogP) is 6.47. The van der Waals surface area contributed by atoms with Crippen LogP contribution in [0, 0.1) is 0 Å². The number of hydrogen-bond donors (Lipinski definition) is 0. The third-order valence-electron chi connectivity index (χ3n) is 4.28. The highest BCUT2D eigenvalue weighted by Crippen LogP contribution is 2.39. The van der Waals surface area contributed by atoms with Gasteiger partial charge in [-0.1, -0.05) is 11.6 Å². The number of hydrogen-bond acceptors (Lipinski definition) is 6. The number of aromatic nitrogens is 6. The Morgan fingerprint density at radius 3 is 2.14 bits per heavy atom. The van der Waals surface area contributed by atoms with Crippen LogP contribution in [0.25, 0.3) is 16.9 Å². The maximum absolute atomic E-state index is 13.3. The molecule has 4 aromatic heterocycles. The van der Waals surface area contributed by atoms with Gasteiger partial charge in [-0.2, -0.15) is 39.5 Å². The molecule has 0 fully saturated rings. The summed E-state index contributed by atoms with van der Waals surface area (Å²) >= 11 is 6.50. The fraction of sp³-hybridized carbons (Fsp3) is 0.167. The molecule has 0 radical (unpaired) electrons. The molecule has 0 spiro atoms. The first-order chi connectivity index (χ1) is 16.1. The van der Waals surface area contributed by atoms with E-state index < -0.39 is 46.4 Å². The lowest BCUT2D eigenvalue weighted by atomic mass is 10.1. The SMILES string of the molecule is FC(F)(F)c1cnc(Sc2ncn(-c3ccc4c(C(F)(F)F)cc(C(F)(F)F)nc4n3)n2)c(Cl)c1. The van der Waals surface area contributed by atoms with E-state index in [1.54, 1.807) is 0 Å². The number of nitrogens with zero attached hydrogens (tertiary/aromatic N) is 6. The van der Waals surface area contributed by atoms with Crippen LogP contribution in [-0.2, 0) is 18.5 Å². The monoisotopic (exact) mass is 544 g/mol. The maximum atomic E-state index is 13.3. The quantitative estimate of drug-likeness (QED) is 0.276. The van der Waals surface area contributed by atoms with Gasteiger partial charge in [-0.3, -0.25) is 0 Å². The van der Waals surface area contributed by atoms with Gasteiger partial charge in [-0.05, 0) is 36.0 Å². The summed E-state index contributed by atoms with van der Waals surface area (Å²) in [5.41, 5.74) is -5.25. The highest BCUT2D eigenvalue weighted by Gasteiger charge is 2.39. The van der Waals surface area contributed by atoms with Gasteiger partial charge in [0.1, 0.15) is 17.0 Å². The van der Waals surface area contributed by atoms with Crippen molar-refractivity contribution in [2.75, 3.05) is 0 Å². The third-order valence-corrected chi connectivity index (χ3v) is 5.57. The van der Waals surface area contributed by atoms with E-state index in [-0.39, 0.29) is 27.1 Å². The summed E-state index contributed by atoms with van der Waals surface area (Å²) in [6, 6.07) is 2.49. The van der Waals surface area contributed by atoms with Crippen molar-refractivity contribution < 1.29 is 39.5 Å². The van der Waals surface area contributed by atoms with Crippen molar-refractivity contribution >= 4 is 34.4 Å². The van der Waals surface area contributed by atoms with Gasteiger partial charge in [0.2, 0.25) is 5.16 Å². The molecule has 0 amide bonds. The number of rotatable bonds is 3. The first kappa shape index (κ1) is 25.0. The summed E-state index contributed by atoms with van der Waals surface area (Å²) in [6.07, 6.45) is -13.3. The summed E-state index contributed by atoms with van der Waals surface area (Å²) < 4.78 is 118. The zero-order valence-electron chi connectivity index (χ0n) is 16.3. The molecule has 0 aliphatic heterocycles. The summed E-state index contributed by atoms with van der Waals surface area (Å²) in [6.45, 7) is 0. The largest absolute Gasteiger partial charge is 0.433 e. The van der Waals surface area contributed by atoms with Gasteiger partial charge in [-0.25, -0.2) is 24.6 Å². The molecule has 4 aromatic rings. The van der Waals surface area contributed by atoms with Crippen LogP contribution in [0.2, 0.25) is 5.02 Å². The molecule has 0 unspecified atom stereocenters. The molecule has 0 aliphatic rings. The molecule has 4 rings (SSSR count). The number of pyridine rings is 3. The molecule has 184 valence electrons. The highest BCUT2D eigenvalue weighted by molar-refractivity contribution is 7.99. The Morgan fingerprint density at radius 1 is 0.829 bits per heavy atom. The molecule has 0 bridgehead atoms. The Bertz CT molecular complexity index is 1410. The van der Waals surface area contributed by atoms with E-state index in [9.17, 15) is 39.5 Å². The minimum Gasteiger partial charge on any atom is -0.247 e. The highest BCUT2D eigenvalue weighted by atomic mass is 35.5. The maximum Gasteiger partial charge on any atom is 0.433 e. The van der Waals surface area contributed by atoms with Crippen molar-refractivity contribution in [2.24, 2.45) is 0 Å². The van der Waals surface area contributed by atoms with Crippen LogP contribution < -0.4 is 0 Å². The van der Waals surface area contributed by atoms with Crippen LogP contribution >= 0.6 is 23.4 Å². The number of fused-ring (bicyclic) bond motifs is 1. The van der Waals surface area contributed by atoms with Crippen molar-refractivity contribution in [1.29, 1.82) is 0 Å². The Morgan fingerprint density at radius 2 is 1.54 bits per heavy atom. The van der Waals surface area contributed by atoms with E-state index in [4.69, 9.17) is 11.6 Å². The fourth-order valence-electron chi connectivity index (χ4n) is 2.75. The van der Waals surface area contributed by atoms with Gasteiger partial charge in [0.25, 0.3) is 0 Å². The standard InChI is InChI=1S/C18H6ClF9N6S/c19-10-3-7(16(20,21)22)5-29-14(10)35-15-30-6-34(33-15)12-2-1-8-9(17(23,24)25)4-11(18(26,27)28)31-13(8)32-12/h1-6H. The molecule has 0 saturated heterocycles. The van der Waals surface area contributed by atoms with Crippen molar-refractivity contribution in [1.82, 2.24) is 29.7 Å². The van der Waals surface area contributed by atoms with Gasteiger partial charge in [0, 0.05) is 11.6 Å². The van der Waals surface area contributed by atoms with Crippen LogP contribution in [0.4, 0.5) is 39.5 Å². The lowest BCUT2D eigenvalue weighted by molar-refractivity contribution is -0.144. The molecule has 17 heteroatoms. The van der Waals surface area contributed by atoms with Crippen molar-refractivity contribution in [3.05, 3.63) is 58.6 Å². The van der Waals surface area contributed by atoms with E-state index >= 15 is 0 Å². The minimum atomic E-state index is -5.16. The van der Waals surface area contributed by atoms with Gasteiger partial charge in [0.15, 0.2) is 11.5 Å². The number of alkyl halides is 9. The molecular weight excluding hydrogens is 539 g/mol. The van der Waals surface area contributed by atoms with Crippen LogP contribution in [0.5, 0.6) is 0 Å². The summed E-state index contributed by atoms with van der Waals surface area (Å²) in [4.78, 5) is 14.4. The second-order valence-corrected chi connectivity index (χ2v) is 8.04. The Kier molecular flexibility index (Phi) is 6.07. The van der Waals surface area contributed by atoms with Crippen LogP contribution in [0.15, 0.2) is 47.0 Å². The summed E-state index contributed by atoms with van der Waals surface area (Å²) in [5.74, 6) is -0.219. The second-order valence-electron chi connectivity index (χ2n) is 6.67. The molecule has 0 atom stereocenters. The topological polar surface area (TPSA) is 69.4 Å². The van der Waals surface area contributed by atoms with Crippen LogP contribution in [-0.4, -0.2) is 29.7 Å². The smallest absolute Gasteiger partial charge is 0.247 e. The molecule has 0 aliphatic carbocycles. The second kappa shape index (κ2) is 8.51. The average molecular weight is 545 g/mol. The average Bonchev–Trinajstić information content (AvgIpc) is 3.20. The first-order valence-electron chi connectivity index (χ1n) is 8.92. The fourth-order valence-corrected chi connectivity index (χ4v) is 3.69. The lowest BCUT2D eigenvalue weighted by Crippen LogP contribution is -2.14. The van der Waals surface area contributed by atoms with E-state index in [0.29, 0.717) is 24.0 Å². The molecule has 35 heavy (non-hydrogen) atoms. The van der Waals surface area contributed by atoms with E-state index in [2.05, 4.69) is 25.0 Å². The first-order valence-corrected chi connectivity index (χ1v) is 10.1. The third kappa shape index (κ3) is 5.27. The molecule has 0 aromatic carbocycles. The molecule has 0 N–H and O–H groups in total. The van der Waals surface area contributed by atoms with Crippen molar-refractivity contribution in [3.63, 3.8) is 0 Å². The van der Waals surface area contributed by atoms with E-state index in [1.807, 2.05) is 0 Å². The van der Waals surface area contributed by atoms with Crippen molar-refractivity contribution in [3.8, 4) is 5.82 Å². The van der Waals surface area contributed by atoms with Gasteiger partial charge in [-0.15, -0.1) is 5.10 Å². The molecular formula is C18H6ClF9N6S. The van der Waals surface area contributed by atoms with Crippen molar-refractivity contribution in [2.45, 2.75) is 28.7 Å². The van der Waals surface area contributed by atoms with Crippen LogP contribution in [0.3, 0.4) is 0 Å². The summed E-state index contributed by atoms with van der Waals surface area (Å²) in [7, 11) is 0. The normalized spacial score (nSPS) is 13.0. The van der Waals surface area contributed by atoms with Gasteiger partial charge >= 0.3 is 18.5 Å².